The lowest BCUT2D eigenvalue weighted by molar-refractivity contribution is 0.324. The van der Waals surface area contributed by atoms with Crippen molar-refractivity contribution in [3.8, 4) is 0 Å². The number of nitrogens with zero attached hydrogens (tertiary/aromatic N) is 1. The van der Waals surface area contributed by atoms with Crippen molar-refractivity contribution in [2.45, 2.75) is 13.8 Å². The summed E-state index contributed by atoms with van der Waals surface area (Å²) in [6.07, 6.45) is 0. The number of hydrogen-bond acceptors (Lipinski definition) is 2. The van der Waals surface area contributed by atoms with Gasteiger partial charge in [0.05, 0.1) is 6.61 Å². The molecule has 0 atom stereocenters. The molecule has 0 bridgehead atoms. The van der Waals surface area contributed by atoms with Crippen molar-refractivity contribution in [2.75, 3.05) is 6.61 Å². The molecule has 0 radical (unpaired) electrons. The van der Waals surface area contributed by atoms with Gasteiger partial charge in [0.1, 0.15) is 0 Å². The Kier molecular flexibility index (Phi) is 3.50. The summed E-state index contributed by atoms with van der Waals surface area (Å²) >= 11 is 0. The lowest BCUT2D eigenvalue weighted by atomic mass is 10.7. The molecule has 0 spiro atoms. The average Bonchev–Trinajstić information content (AvgIpc) is 1.59. The van der Waals surface area contributed by atoms with E-state index in [1.165, 1.54) is 6.92 Å². The van der Waals surface area contributed by atoms with Crippen molar-refractivity contribution in [3.63, 3.8) is 0 Å². The van der Waals surface area contributed by atoms with Crippen LogP contribution in [-0.4, -0.2) is 12.5 Å². The van der Waals surface area contributed by atoms with Gasteiger partial charge in [-0.3, -0.25) is 0 Å². The molecule has 60 valence electrons. The Balaban J connectivity index is 4.04. The molecule has 0 amide bonds. The van der Waals surface area contributed by atoms with Gasteiger partial charge >= 0.3 is 7.91 Å². The second-order valence-corrected chi connectivity index (χ2v) is 2.56. The fourth-order valence-electron chi connectivity index (χ4n) is 0.402. The lowest BCUT2D eigenvalue weighted by Crippen LogP contribution is -1.96. The molecule has 0 rings (SSSR count). The highest BCUT2D eigenvalue weighted by molar-refractivity contribution is 7.51. The van der Waals surface area contributed by atoms with Crippen molar-refractivity contribution in [1.82, 2.24) is 0 Å². The van der Waals surface area contributed by atoms with Gasteiger partial charge in [-0.05, 0) is 6.92 Å². The molecule has 0 N–H and O–H groups in total. The van der Waals surface area contributed by atoms with Crippen LogP contribution in [0.1, 0.15) is 13.8 Å². The lowest BCUT2D eigenvalue weighted by Gasteiger charge is -1.98. The van der Waals surface area contributed by atoms with Crippen LogP contribution in [0, 0.1) is 0 Å². The summed E-state index contributed by atoms with van der Waals surface area (Å²) < 4.78 is 39.9. The molecule has 0 aromatic rings. The molecular formula is C4H8F2NO2P. The zero-order chi connectivity index (χ0) is 8.20. The Morgan fingerprint density at radius 1 is 1.70 bits per heavy atom. The average molecular weight is 171 g/mol. The Bertz CT molecular complexity index is 176. The fourth-order valence-corrected chi connectivity index (χ4v) is 0.787. The van der Waals surface area contributed by atoms with E-state index in [4.69, 9.17) is 0 Å². The Morgan fingerprint density at radius 2 is 2.20 bits per heavy atom. The van der Waals surface area contributed by atoms with E-state index in [2.05, 4.69) is 9.50 Å². The van der Waals surface area contributed by atoms with Crippen molar-refractivity contribution < 1.29 is 17.7 Å². The first kappa shape index (κ1) is 9.56. The maximum Gasteiger partial charge on any atom is 0.532 e. The Hall–Kier alpha value is -0.440. The van der Waals surface area contributed by atoms with Crippen molar-refractivity contribution in [2.24, 2.45) is 4.76 Å². The molecule has 10 heavy (non-hydrogen) atoms. The molecule has 3 nitrogen and oxygen atoms in total. The summed E-state index contributed by atoms with van der Waals surface area (Å²) in [5.74, 6) is -0.240. The van der Waals surface area contributed by atoms with Crippen molar-refractivity contribution in [3.05, 3.63) is 0 Å². The smallest absolute Gasteiger partial charge is 0.481 e. The monoisotopic (exact) mass is 171 g/mol. The van der Waals surface area contributed by atoms with Crippen LogP contribution in [0.2, 0.25) is 0 Å². The zero-order valence-electron chi connectivity index (χ0n) is 5.67. The summed E-state index contributed by atoms with van der Waals surface area (Å²) in [7, 11) is -5.29. The molecule has 0 aromatic carbocycles. The van der Waals surface area contributed by atoms with Crippen LogP contribution >= 0.6 is 7.91 Å². The minimum absolute atomic E-state index is 0.240. The molecule has 6 heteroatoms. The van der Waals surface area contributed by atoms with Gasteiger partial charge in [-0.25, -0.2) is 4.57 Å². The quantitative estimate of drug-likeness (QED) is 0.363. The van der Waals surface area contributed by atoms with Crippen LogP contribution in [0.4, 0.5) is 8.39 Å². The second-order valence-electron chi connectivity index (χ2n) is 1.49. The highest BCUT2D eigenvalue weighted by Crippen LogP contribution is 2.50. The first-order chi connectivity index (χ1) is 4.45. The molecule has 0 aromatic heterocycles. The molecule has 0 heterocycles. The van der Waals surface area contributed by atoms with E-state index in [0.29, 0.717) is 0 Å². The number of rotatable bonds is 2. The van der Waals surface area contributed by atoms with E-state index in [1.54, 1.807) is 6.92 Å². The molecule has 0 aliphatic carbocycles. The molecule has 0 unspecified atom stereocenters. The highest BCUT2D eigenvalue weighted by Gasteiger charge is 2.17. The summed E-state index contributed by atoms with van der Waals surface area (Å²) in [6.45, 7) is 3.10. The third-order valence-corrected chi connectivity index (χ3v) is 1.12. The first-order valence-electron chi connectivity index (χ1n) is 2.64. The minimum atomic E-state index is -5.29. The number of ether oxygens (including phenoxy) is 1. The predicted octanol–water partition coefficient (Wildman–Crippen LogP) is 2.49. The van der Waals surface area contributed by atoms with Crippen LogP contribution in [0.3, 0.4) is 0 Å². The van der Waals surface area contributed by atoms with Crippen LogP contribution < -0.4 is 0 Å². The summed E-state index contributed by atoms with van der Waals surface area (Å²) in [5, 5.41) is 0. The fraction of sp³-hybridized carbons (Fsp3) is 0.750. The van der Waals surface area contributed by atoms with E-state index >= 15 is 0 Å². The van der Waals surface area contributed by atoms with Crippen LogP contribution in [0.25, 0.3) is 0 Å². The number of hydrogen-bond donors (Lipinski definition) is 0. The van der Waals surface area contributed by atoms with E-state index in [9.17, 15) is 13.0 Å². The van der Waals surface area contributed by atoms with Gasteiger partial charge in [-0.1, -0.05) is 0 Å². The predicted molar refractivity (Wildman–Crippen MR) is 34.6 cm³/mol. The van der Waals surface area contributed by atoms with Crippen molar-refractivity contribution in [1.29, 1.82) is 0 Å². The molecule has 0 aliphatic rings. The number of halogens is 2. The van der Waals surface area contributed by atoms with Gasteiger partial charge in [0, 0.05) is 6.92 Å². The molecule has 0 fully saturated rings. The van der Waals surface area contributed by atoms with E-state index < -0.39 is 7.91 Å². The van der Waals surface area contributed by atoms with E-state index in [-0.39, 0.29) is 12.5 Å². The van der Waals surface area contributed by atoms with Crippen LogP contribution in [0.5, 0.6) is 0 Å². The first-order valence-corrected chi connectivity index (χ1v) is 4.09. The Morgan fingerprint density at radius 3 is 2.50 bits per heavy atom. The third kappa shape index (κ3) is 5.69. The second kappa shape index (κ2) is 3.66. The van der Waals surface area contributed by atoms with E-state index in [0.717, 1.165) is 0 Å². The van der Waals surface area contributed by atoms with E-state index in [1.807, 2.05) is 0 Å². The van der Waals surface area contributed by atoms with Gasteiger partial charge in [0.2, 0.25) is 0 Å². The zero-order valence-corrected chi connectivity index (χ0v) is 6.57. The highest BCUT2D eigenvalue weighted by atomic mass is 31.2. The SMILES string of the molecule is CCOC(C)=NP(=O)(F)F. The van der Waals surface area contributed by atoms with Gasteiger partial charge in [0.25, 0.3) is 0 Å². The maximum atomic E-state index is 11.6. The third-order valence-electron chi connectivity index (χ3n) is 0.610. The summed E-state index contributed by atoms with van der Waals surface area (Å²) in [4.78, 5) is 0. The molecule has 0 aliphatic heterocycles. The Labute approximate surface area is 57.8 Å². The topological polar surface area (TPSA) is 38.7 Å². The molecule has 0 saturated carbocycles. The largest absolute Gasteiger partial charge is 0.532 e. The van der Waals surface area contributed by atoms with Gasteiger partial charge in [-0.15, -0.1) is 13.2 Å². The summed E-state index contributed by atoms with van der Waals surface area (Å²) in [6, 6.07) is 0. The minimum Gasteiger partial charge on any atom is -0.481 e. The van der Waals surface area contributed by atoms with Gasteiger partial charge < -0.3 is 4.74 Å². The van der Waals surface area contributed by atoms with Gasteiger partial charge in [0.15, 0.2) is 5.90 Å². The maximum absolute atomic E-state index is 11.6. The molecular weight excluding hydrogens is 163 g/mol. The molecule has 0 saturated heterocycles. The normalized spacial score (nSPS) is 13.4. The standard InChI is InChI=1S/C4H8F2NO2P/c1-3-9-4(2)7-10(5,6)8/h3H2,1-2H3. The van der Waals surface area contributed by atoms with Gasteiger partial charge in [-0.2, -0.15) is 0 Å². The summed E-state index contributed by atoms with van der Waals surface area (Å²) in [5.41, 5.74) is 0. The van der Waals surface area contributed by atoms with Crippen molar-refractivity contribution >= 4 is 13.8 Å². The van der Waals surface area contributed by atoms with Crippen LogP contribution in [-0.2, 0) is 9.30 Å². The van der Waals surface area contributed by atoms with Crippen LogP contribution in [0.15, 0.2) is 4.76 Å².